The van der Waals surface area contributed by atoms with Gasteiger partial charge in [0.2, 0.25) is 0 Å². The molecule has 4 heteroatoms. The molecule has 68 valence electrons. The first kappa shape index (κ1) is 9.03. The lowest BCUT2D eigenvalue weighted by Gasteiger charge is -1.98. The maximum atomic E-state index is 11.0. The van der Waals surface area contributed by atoms with Crippen LogP contribution in [0, 0.1) is 11.8 Å². The van der Waals surface area contributed by atoms with E-state index in [1.54, 1.807) is 6.92 Å². The zero-order chi connectivity index (χ0) is 9.14. The first-order chi connectivity index (χ1) is 5.65. The van der Waals surface area contributed by atoms with Crippen molar-refractivity contribution in [3.05, 3.63) is 0 Å². The third-order valence-corrected chi connectivity index (χ3v) is 1.95. The molecule has 0 radical (unpaired) electrons. The average molecular weight is 172 g/mol. The highest BCUT2D eigenvalue weighted by Gasteiger charge is 2.45. The number of esters is 1. The highest BCUT2D eigenvalue weighted by Crippen LogP contribution is 2.41. The fraction of sp³-hybridized carbons (Fsp3) is 0.750. The highest BCUT2D eigenvalue weighted by molar-refractivity contribution is 5.77. The van der Waals surface area contributed by atoms with E-state index < -0.39 is 5.97 Å². The summed E-state index contributed by atoms with van der Waals surface area (Å²) in [6, 6.07) is 0. The Hall–Kier alpha value is -1.06. The Morgan fingerprint density at radius 2 is 2.25 bits per heavy atom. The van der Waals surface area contributed by atoms with Crippen molar-refractivity contribution < 1.29 is 19.4 Å². The van der Waals surface area contributed by atoms with Crippen molar-refractivity contribution in [1.82, 2.24) is 0 Å². The van der Waals surface area contributed by atoms with E-state index in [1.807, 2.05) is 0 Å². The monoisotopic (exact) mass is 172 g/mol. The van der Waals surface area contributed by atoms with Crippen LogP contribution in [0.4, 0.5) is 0 Å². The van der Waals surface area contributed by atoms with Crippen molar-refractivity contribution in [2.75, 3.05) is 6.61 Å². The van der Waals surface area contributed by atoms with Crippen molar-refractivity contribution in [1.29, 1.82) is 0 Å². The van der Waals surface area contributed by atoms with Crippen LogP contribution in [0.5, 0.6) is 0 Å². The fourth-order valence-corrected chi connectivity index (χ4v) is 1.24. The summed E-state index contributed by atoms with van der Waals surface area (Å²) in [6.45, 7) is 2.11. The lowest BCUT2D eigenvalue weighted by atomic mass is 10.2. The van der Waals surface area contributed by atoms with Gasteiger partial charge in [-0.3, -0.25) is 9.59 Å². The SMILES string of the molecule is CCOC(=O)[C@@H]1C[C@@H]1CC(=O)O. The van der Waals surface area contributed by atoms with E-state index in [1.165, 1.54) is 0 Å². The predicted octanol–water partition coefficient (Wildman–Crippen LogP) is 0.660. The number of aliphatic carboxylic acids is 1. The van der Waals surface area contributed by atoms with Gasteiger partial charge in [0.1, 0.15) is 0 Å². The van der Waals surface area contributed by atoms with Crippen molar-refractivity contribution in [2.45, 2.75) is 19.8 Å². The molecule has 1 rings (SSSR count). The van der Waals surface area contributed by atoms with Gasteiger partial charge in [-0.25, -0.2) is 0 Å². The van der Waals surface area contributed by atoms with Crippen molar-refractivity contribution in [3.63, 3.8) is 0 Å². The molecule has 0 aromatic carbocycles. The minimum atomic E-state index is -0.841. The largest absolute Gasteiger partial charge is 0.481 e. The highest BCUT2D eigenvalue weighted by atomic mass is 16.5. The first-order valence-corrected chi connectivity index (χ1v) is 4.03. The smallest absolute Gasteiger partial charge is 0.309 e. The normalized spacial score (nSPS) is 26.4. The average Bonchev–Trinajstić information content (AvgIpc) is 2.67. The quantitative estimate of drug-likeness (QED) is 0.633. The molecule has 0 amide bonds. The summed E-state index contributed by atoms with van der Waals surface area (Å²) < 4.78 is 4.75. The summed E-state index contributed by atoms with van der Waals surface area (Å²) in [5.41, 5.74) is 0. The van der Waals surface area contributed by atoms with Crippen molar-refractivity contribution in [3.8, 4) is 0 Å². The Balaban J connectivity index is 2.23. The van der Waals surface area contributed by atoms with Crippen molar-refractivity contribution in [2.24, 2.45) is 11.8 Å². The van der Waals surface area contributed by atoms with Crippen LogP contribution in [0.25, 0.3) is 0 Å². The molecule has 4 nitrogen and oxygen atoms in total. The second-order valence-electron chi connectivity index (χ2n) is 2.95. The Bertz CT molecular complexity index is 199. The number of carbonyl (C=O) groups is 2. The maximum Gasteiger partial charge on any atom is 0.309 e. The van der Waals surface area contributed by atoms with E-state index in [2.05, 4.69) is 0 Å². The number of ether oxygens (including phenoxy) is 1. The standard InChI is InChI=1S/C8H12O4/c1-2-12-8(11)6-3-5(6)4-7(9)10/h5-6H,2-4H2,1H3,(H,9,10)/t5-,6-/m1/s1. The Morgan fingerprint density at radius 3 is 2.75 bits per heavy atom. The van der Waals surface area contributed by atoms with E-state index in [0.29, 0.717) is 13.0 Å². The molecular weight excluding hydrogens is 160 g/mol. The minimum absolute atomic E-state index is 0.0153. The molecule has 0 bridgehead atoms. The van der Waals surface area contributed by atoms with Crippen LogP contribution in [-0.4, -0.2) is 23.7 Å². The molecule has 0 aromatic heterocycles. The lowest BCUT2D eigenvalue weighted by Crippen LogP contribution is -2.08. The maximum absolute atomic E-state index is 11.0. The van der Waals surface area contributed by atoms with Crippen LogP contribution >= 0.6 is 0 Å². The summed E-state index contributed by atoms with van der Waals surface area (Å²) in [4.78, 5) is 21.2. The van der Waals surface area contributed by atoms with Gasteiger partial charge in [-0.2, -0.15) is 0 Å². The Kier molecular flexibility index (Phi) is 2.68. The van der Waals surface area contributed by atoms with E-state index in [9.17, 15) is 9.59 Å². The zero-order valence-corrected chi connectivity index (χ0v) is 6.95. The van der Waals surface area contributed by atoms with Gasteiger partial charge in [-0.1, -0.05) is 0 Å². The summed E-state index contributed by atoms with van der Waals surface area (Å²) >= 11 is 0. The number of carboxylic acid groups (broad SMARTS) is 1. The van der Waals surface area contributed by atoms with Crippen molar-refractivity contribution >= 4 is 11.9 Å². The predicted molar refractivity (Wildman–Crippen MR) is 40.5 cm³/mol. The lowest BCUT2D eigenvalue weighted by molar-refractivity contribution is -0.145. The van der Waals surface area contributed by atoms with E-state index in [4.69, 9.17) is 9.84 Å². The van der Waals surface area contributed by atoms with Crippen LogP contribution in [-0.2, 0) is 14.3 Å². The summed E-state index contributed by atoms with van der Waals surface area (Å²) in [5.74, 6) is -1.22. The van der Waals surface area contributed by atoms with Crippen LogP contribution in [0.15, 0.2) is 0 Å². The van der Waals surface area contributed by atoms with Gasteiger partial charge >= 0.3 is 11.9 Å². The third kappa shape index (κ3) is 2.22. The first-order valence-electron chi connectivity index (χ1n) is 4.03. The van der Waals surface area contributed by atoms with E-state index in [0.717, 1.165) is 0 Å². The number of carboxylic acids is 1. The van der Waals surface area contributed by atoms with Gasteiger partial charge in [0.05, 0.1) is 12.5 Å². The Morgan fingerprint density at radius 1 is 1.58 bits per heavy atom. The molecular formula is C8H12O4. The zero-order valence-electron chi connectivity index (χ0n) is 6.95. The number of carbonyl (C=O) groups excluding carboxylic acids is 1. The molecule has 0 unspecified atom stereocenters. The molecule has 1 N–H and O–H groups in total. The van der Waals surface area contributed by atoms with E-state index in [-0.39, 0.29) is 24.2 Å². The fourth-order valence-electron chi connectivity index (χ4n) is 1.24. The molecule has 0 spiro atoms. The molecule has 1 saturated carbocycles. The summed E-state index contributed by atoms with van der Waals surface area (Å²) in [6.07, 6.45) is 0.759. The number of hydrogen-bond donors (Lipinski definition) is 1. The third-order valence-electron chi connectivity index (χ3n) is 1.95. The van der Waals surface area contributed by atoms with Gasteiger partial charge in [0.15, 0.2) is 0 Å². The second-order valence-corrected chi connectivity index (χ2v) is 2.95. The molecule has 0 aliphatic heterocycles. The Labute approximate surface area is 70.5 Å². The topological polar surface area (TPSA) is 63.6 Å². The molecule has 12 heavy (non-hydrogen) atoms. The number of hydrogen-bond acceptors (Lipinski definition) is 3. The molecule has 1 aliphatic rings. The van der Waals surface area contributed by atoms with Gasteiger partial charge in [0.25, 0.3) is 0 Å². The van der Waals surface area contributed by atoms with Gasteiger partial charge in [-0.15, -0.1) is 0 Å². The second kappa shape index (κ2) is 3.56. The van der Waals surface area contributed by atoms with Gasteiger partial charge in [0, 0.05) is 6.42 Å². The molecule has 0 saturated heterocycles. The van der Waals surface area contributed by atoms with Crippen LogP contribution in [0.1, 0.15) is 19.8 Å². The molecule has 0 aromatic rings. The van der Waals surface area contributed by atoms with E-state index >= 15 is 0 Å². The van der Waals surface area contributed by atoms with Crippen LogP contribution < -0.4 is 0 Å². The van der Waals surface area contributed by atoms with Crippen LogP contribution in [0.2, 0.25) is 0 Å². The molecule has 2 atom stereocenters. The van der Waals surface area contributed by atoms with Gasteiger partial charge < -0.3 is 9.84 Å². The summed E-state index contributed by atoms with van der Waals surface area (Å²) in [5, 5.41) is 8.40. The molecule has 1 aliphatic carbocycles. The summed E-state index contributed by atoms with van der Waals surface area (Å²) in [7, 11) is 0. The molecule has 0 heterocycles. The number of rotatable bonds is 4. The van der Waals surface area contributed by atoms with Gasteiger partial charge in [-0.05, 0) is 19.3 Å². The molecule has 1 fully saturated rings. The van der Waals surface area contributed by atoms with Crippen LogP contribution in [0.3, 0.4) is 0 Å². The minimum Gasteiger partial charge on any atom is -0.481 e.